The van der Waals surface area contributed by atoms with E-state index in [-0.39, 0.29) is 12.4 Å². The molecule has 2 fully saturated rings. The molecule has 2 aliphatic heterocycles. The number of piperidine rings is 1. The van der Waals surface area contributed by atoms with Gasteiger partial charge in [-0.25, -0.2) is 4.98 Å². The lowest BCUT2D eigenvalue weighted by molar-refractivity contribution is -0.141. The topological polar surface area (TPSA) is 65.7 Å². The Bertz CT molecular complexity index is 1170. The summed E-state index contributed by atoms with van der Waals surface area (Å²) < 4.78 is 46.2. The lowest BCUT2D eigenvalue weighted by atomic mass is 10.1. The largest absolute Gasteiger partial charge is 0.437 e. The Labute approximate surface area is 207 Å². The maximum absolute atomic E-state index is 13.6. The lowest BCUT2D eigenvalue weighted by Gasteiger charge is -2.36. The number of nitrogens with zero attached hydrogens (tertiary/aromatic N) is 5. The Morgan fingerprint density at radius 1 is 0.861 bits per heavy atom. The molecule has 0 atom stereocenters. The molecule has 7 nitrogen and oxygen atoms in total. The van der Waals surface area contributed by atoms with E-state index in [1.807, 2.05) is 24.3 Å². The van der Waals surface area contributed by atoms with E-state index in [1.54, 1.807) is 17.2 Å². The normalized spacial score (nSPS) is 16.9. The van der Waals surface area contributed by atoms with Gasteiger partial charge in [0, 0.05) is 57.6 Å². The number of Topliss-reactive ketones (excluding diaryl/α,β-unsaturated/α-hetero) is 1. The summed E-state index contributed by atoms with van der Waals surface area (Å²) in [4.78, 5) is 27.1. The van der Waals surface area contributed by atoms with Gasteiger partial charge in [-0.15, -0.1) is 0 Å². The molecule has 0 radical (unpaired) electrons. The Balaban J connectivity index is 1.24. The van der Waals surface area contributed by atoms with Crippen molar-refractivity contribution in [2.24, 2.45) is 0 Å². The molecule has 0 aliphatic carbocycles. The van der Waals surface area contributed by atoms with Crippen LogP contribution in [0.1, 0.15) is 41.1 Å². The van der Waals surface area contributed by atoms with E-state index >= 15 is 0 Å². The third kappa shape index (κ3) is 5.32. The van der Waals surface area contributed by atoms with Gasteiger partial charge in [0.1, 0.15) is 5.82 Å². The minimum atomic E-state index is -4.77. The molecular weight excluding hydrogens is 471 g/mol. The van der Waals surface area contributed by atoms with Gasteiger partial charge in [0.15, 0.2) is 5.69 Å². The Morgan fingerprint density at radius 3 is 2.19 bits per heavy atom. The number of piperazine rings is 1. The van der Waals surface area contributed by atoms with E-state index < -0.39 is 23.4 Å². The fraction of sp³-hybridized carbons (Fsp3) is 0.423. The molecule has 0 unspecified atom stereocenters. The number of carbonyl (C=O) groups is 1. The van der Waals surface area contributed by atoms with Gasteiger partial charge < -0.3 is 19.1 Å². The summed E-state index contributed by atoms with van der Waals surface area (Å²) in [6.45, 7) is 4.44. The van der Waals surface area contributed by atoms with Crippen LogP contribution in [0.25, 0.3) is 0 Å². The summed E-state index contributed by atoms with van der Waals surface area (Å²) in [5.41, 5.74) is 0.456. The third-order valence-electron chi connectivity index (χ3n) is 6.66. The fourth-order valence-corrected chi connectivity index (χ4v) is 4.72. The second-order valence-electron chi connectivity index (χ2n) is 9.15. The smallest absolute Gasteiger partial charge is 0.420 e. The molecule has 3 aromatic rings. The van der Waals surface area contributed by atoms with Crippen LogP contribution < -0.4 is 14.7 Å². The van der Waals surface area contributed by atoms with Crippen LogP contribution in [-0.4, -0.2) is 55.0 Å². The zero-order valence-electron chi connectivity index (χ0n) is 19.9. The summed E-state index contributed by atoms with van der Waals surface area (Å²) in [5, 5.41) is 0. The number of alkyl halides is 3. The average Bonchev–Trinajstić information content (AvgIpc) is 3.37. The first-order valence-electron chi connectivity index (χ1n) is 12.2. The van der Waals surface area contributed by atoms with Crippen molar-refractivity contribution in [1.82, 2.24) is 9.97 Å². The van der Waals surface area contributed by atoms with Gasteiger partial charge in [-0.05, 0) is 43.0 Å². The van der Waals surface area contributed by atoms with Crippen molar-refractivity contribution in [2.75, 3.05) is 54.0 Å². The number of benzene rings is 1. The average molecular weight is 500 g/mol. The van der Waals surface area contributed by atoms with E-state index in [4.69, 9.17) is 4.42 Å². The zero-order chi connectivity index (χ0) is 25.1. The number of pyridine rings is 1. The number of halogens is 3. The predicted octanol–water partition coefficient (Wildman–Crippen LogP) is 4.83. The van der Waals surface area contributed by atoms with Gasteiger partial charge in [0.2, 0.25) is 11.5 Å². The van der Waals surface area contributed by atoms with Gasteiger partial charge in [0.05, 0.1) is 0 Å². The molecule has 5 rings (SSSR count). The van der Waals surface area contributed by atoms with Gasteiger partial charge >= 0.3 is 6.18 Å². The minimum Gasteiger partial charge on any atom is -0.420 e. The van der Waals surface area contributed by atoms with Crippen molar-refractivity contribution in [2.45, 2.75) is 31.9 Å². The maximum atomic E-state index is 13.6. The SMILES string of the molecule is O=C(Cc1ccc(N2CCN(c3ccccc3)CC2)nc1)c1oc(N2CCCCC2)nc1C(F)(F)F. The lowest BCUT2D eigenvalue weighted by Crippen LogP contribution is -2.46. The zero-order valence-corrected chi connectivity index (χ0v) is 19.9. The summed E-state index contributed by atoms with van der Waals surface area (Å²) in [6, 6.07) is 13.6. The molecule has 0 N–H and O–H groups in total. The van der Waals surface area contributed by atoms with E-state index in [1.165, 1.54) is 5.69 Å². The first-order chi connectivity index (χ1) is 17.4. The van der Waals surface area contributed by atoms with Crippen LogP contribution in [0.4, 0.5) is 30.7 Å². The number of hydrogen-bond donors (Lipinski definition) is 0. The summed E-state index contributed by atoms with van der Waals surface area (Å²) in [7, 11) is 0. The third-order valence-corrected chi connectivity index (χ3v) is 6.66. The maximum Gasteiger partial charge on any atom is 0.437 e. The van der Waals surface area contributed by atoms with Crippen molar-refractivity contribution in [3.63, 3.8) is 0 Å². The van der Waals surface area contributed by atoms with Crippen molar-refractivity contribution in [3.8, 4) is 0 Å². The highest BCUT2D eigenvalue weighted by molar-refractivity contribution is 5.96. The van der Waals surface area contributed by atoms with Crippen molar-refractivity contribution < 1.29 is 22.4 Å². The molecule has 0 bridgehead atoms. The number of para-hydroxylation sites is 1. The van der Waals surface area contributed by atoms with Crippen LogP contribution in [0, 0.1) is 0 Å². The fourth-order valence-electron chi connectivity index (χ4n) is 4.72. The molecule has 0 amide bonds. The highest BCUT2D eigenvalue weighted by atomic mass is 19.4. The Kier molecular flexibility index (Phi) is 6.84. The number of aromatic nitrogens is 2. The van der Waals surface area contributed by atoms with Crippen LogP contribution in [0.5, 0.6) is 0 Å². The predicted molar refractivity (Wildman–Crippen MR) is 131 cm³/mol. The molecule has 190 valence electrons. The second-order valence-corrected chi connectivity index (χ2v) is 9.15. The molecule has 10 heteroatoms. The van der Waals surface area contributed by atoms with E-state index in [0.717, 1.165) is 51.3 Å². The molecule has 0 saturated carbocycles. The number of ketones is 1. The number of carbonyl (C=O) groups excluding carboxylic acids is 1. The van der Waals surface area contributed by atoms with E-state index in [2.05, 4.69) is 31.9 Å². The van der Waals surface area contributed by atoms with Crippen molar-refractivity contribution in [3.05, 3.63) is 65.7 Å². The van der Waals surface area contributed by atoms with Crippen LogP contribution in [0.2, 0.25) is 0 Å². The molecule has 2 aromatic heterocycles. The van der Waals surface area contributed by atoms with Gasteiger partial charge in [-0.2, -0.15) is 18.2 Å². The summed E-state index contributed by atoms with van der Waals surface area (Å²) in [6.07, 6.45) is -0.745. The molecule has 1 aromatic carbocycles. The molecular formula is C26H28F3N5O2. The molecule has 36 heavy (non-hydrogen) atoms. The first kappa shape index (κ1) is 24.1. The van der Waals surface area contributed by atoms with Crippen LogP contribution >= 0.6 is 0 Å². The highest BCUT2D eigenvalue weighted by Crippen LogP contribution is 2.35. The molecule has 4 heterocycles. The van der Waals surface area contributed by atoms with Gasteiger partial charge in [-0.1, -0.05) is 24.3 Å². The molecule has 2 aliphatic rings. The monoisotopic (exact) mass is 499 g/mol. The van der Waals surface area contributed by atoms with Crippen LogP contribution in [0.3, 0.4) is 0 Å². The number of hydrogen-bond acceptors (Lipinski definition) is 7. The summed E-state index contributed by atoms with van der Waals surface area (Å²) >= 11 is 0. The minimum absolute atomic E-state index is 0.131. The number of oxazole rings is 1. The Hall–Kier alpha value is -3.56. The molecule has 2 saturated heterocycles. The van der Waals surface area contributed by atoms with Gasteiger partial charge in [0.25, 0.3) is 6.01 Å². The molecule has 0 spiro atoms. The number of anilines is 3. The quantitative estimate of drug-likeness (QED) is 0.450. The highest BCUT2D eigenvalue weighted by Gasteiger charge is 2.41. The van der Waals surface area contributed by atoms with Crippen LogP contribution in [-0.2, 0) is 12.6 Å². The van der Waals surface area contributed by atoms with Crippen LogP contribution in [0.15, 0.2) is 53.1 Å². The van der Waals surface area contributed by atoms with Crippen molar-refractivity contribution >= 4 is 23.3 Å². The van der Waals surface area contributed by atoms with Gasteiger partial charge in [-0.3, -0.25) is 4.79 Å². The van der Waals surface area contributed by atoms with Crippen molar-refractivity contribution in [1.29, 1.82) is 0 Å². The Morgan fingerprint density at radius 2 is 1.56 bits per heavy atom. The second kappa shape index (κ2) is 10.2. The first-order valence-corrected chi connectivity index (χ1v) is 12.2. The number of rotatable bonds is 6. The standard InChI is InChI=1S/C26H28F3N5O2/c27-26(28,29)24-23(36-25(31-24)34-11-5-2-6-12-34)21(35)17-19-9-10-22(30-18-19)33-15-13-32(14-16-33)20-7-3-1-4-8-20/h1,3-4,7-10,18H,2,5-6,11-17H2. The van der Waals surface area contributed by atoms with E-state index in [9.17, 15) is 18.0 Å². The van der Waals surface area contributed by atoms with E-state index in [0.29, 0.717) is 18.7 Å². The summed E-state index contributed by atoms with van der Waals surface area (Å²) in [5.74, 6) is -0.713.